The number of aryl methyl sites for hydroxylation is 1. The Morgan fingerprint density at radius 1 is 1.12 bits per heavy atom. The SMILES string of the molecule is CC(C)(C)C(C(N)=O)N(C(=O)Cn1nnc(-c2ccccc2F)n1)c1cccc2c1CCCC2. The Bertz CT molecular complexity index is 1220. The highest BCUT2D eigenvalue weighted by Gasteiger charge is 2.40. The number of amides is 2. The molecule has 0 saturated carbocycles. The first-order valence-electron chi connectivity index (χ1n) is 11.4. The van der Waals surface area contributed by atoms with Gasteiger partial charge in [0.2, 0.25) is 11.7 Å². The number of fused-ring (bicyclic) bond motifs is 1. The Morgan fingerprint density at radius 2 is 1.85 bits per heavy atom. The Labute approximate surface area is 197 Å². The molecule has 0 spiro atoms. The maximum atomic E-state index is 14.1. The van der Waals surface area contributed by atoms with Gasteiger partial charge in [-0.25, -0.2) is 4.39 Å². The smallest absolute Gasteiger partial charge is 0.251 e. The second-order valence-electron chi connectivity index (χ2n) is 9.68. The average Bonchev–Trinajstić information content (AvgIpc) is 3.24. The number of primary amides is 1. The second-order valence-corrected chi connectivity index (χ2v) is 9.68. The van der Waals surface area contributed by atoms with Gasteiger partial charge in [-0.05, 0) is 65.6 Å². The molecule has 8 nitrogen and oxygen atoms in total. The number of nitrogens with two attached hydrogens (primary N) is 1. The number of carbonyl (C=O) groups excluding carboxylic acids is 2. The number of hydrogen-bond acceptors (Lipinski definition) is 5. The van der Waals surface area contributed by atoms with Gasteiger partial charge < -0.3 is 5.73 Å². The zero-order chi connectivity index (χ0) is 24.5. The Balaban J connectivity index is 1.72. The third kappa shape index (κ3) is 4.69. The van der Waals surface area contributed by atoms with Gasteiger partial charge >= 0.3 is 0 Å². The van der Waals surface area contributed by atoms with E-state index in [1.165, 1.54) is 16.5 Å². The summed E-state index contributed by atoms with van der Waals surface area (Å²) in [4.78, 5) is 29.0. The Hall–Kier alpha value is -3.62. The van der Waals surface area contributed by atoms with Gasteiger partial charge in [0.15, 0.2) is 0 Å². The maximum absolute atomic E-state index is 14.1. The number of hydrogen-bond donors (Lipinski definition) is 1. The summed E-state index contributed by atoms with van der Waals surface area (Å²) >= 11 is 0. The number of tetrazole rings is 1. The monoisotopic (exact) mass is 464 g/mol. The van der Waals surface area contributed by atoms with Gasteiger partial charge in [0.1, 0.15) is 18.4 Å². The predicted molar refractivity (Wildman–Crippen MR) is 126 cm³/mol. The molecule has 4 rings (SSSR count). The molecule has 0 aliphatic heterocycles. The largest absolute Gasteiger partial charge is 0.368 e. The van der Waals surface area contributed by atoms with Crippen molar-refractivity contribution < 1.29 is 14.0 Å². The number of rotatable bonds is 6. The molecule has 1 aromatic heterocycles. The molecular weight excluding hydrogens is 435 g/mol. The number of halogens is 1. The molecule has 0 saturated heterocycles. The average molecular weight is 465 g/mol. The van der Waals surface area contributed by atoms with Crippen molar-refractivity contribution in [3.8, 4) is 11.4 Å². The van der Waals surface area contributed by atoms with Crippen LogP contribution < -0.4 is 10.6 Å². The summed E-state index contributed by atoms with van der Waals surface area (Å²) in [5.41, 5.74) is 8.35. The van der Waals surface area contributed by atoms with Crippen LogP contribution >= 0.6 is 0 Å². The first-order valence-corrected chi connectivity index (χ1v) is 11.4. The summed E-state index contributed by atoms with van der Waals surface area (Å²) in [5, 5.41) is 12.1. The summed E-state index contributed by atoms with van der Waals surface area (Å²) in [6.07, 6.45) is 3.85. The minimum absolute atomic E-state index is 0.0804. The zero-order valence-corrected chi connectivity index (χ0v) is 19.7. The van der Waals surface area contributed by atoms with E-state index < -0.39 is 29.1 Å². The van der Waals surface area contributed by atoms with Gasteiger partial charge in [-0.1, -0.05) is 45.0 Å². The lowest BCUT2D eigenvalue weighted by Crippen LogP contribution is -2.56. The van der Waals surface area contributed by atoms with E-state index in [0.29, 0.717) is 5.69 Å². The van der Waals surface area contributed by atoms with E-state index in [4.69, 9.17) is 5.73 Å². The summed E-state index contributed by atoms with van der Waals surface area (Å²) in [7, 11) is 0. The van der Waals surface area contributed by atoms with Gasteiger partial charge in [-0.2, -0.15) is 4.80 Å². The molecule has 9 heteroatoms. The van der Waals surface area contributed by atoms with E-state index in [-0.39, 0.29) is 17.9 Å². The van der Waals surface area contributed by atoms with Crippen LogP contribution in [-0.2, 0) is 29.0 Å². The standard InChI is InChI=1S/C25H29FN6O2/c1-25(2,3)22(23(27)34)32(20-14-8-10-16-9-4-5-11-17(16)20)21(33)15-31-29-24(28-30-31)18-12-6-7-13-19(18)26/h6-8,10,12-14,22H,4-5,9,11,15H2,1-3H3,(H2,27,34). The van der Waals surface area contributed by atoms with Crippen molar-refractivity contribution in [1.82, 2.24) is 20.2 Å². The molecule has 0 fully saturated rings. The highest BCUT2D eigenvalue weighted by Crippen LogP contribution is 2.35. The van der Waals surface area contributed by atoms with Crippen molar-refractivity contribution in [1.29, 1.82) is 0 Å². The van der Waals surface area contributed by atoms with Gasteiger partial charge in [-0.3, -0.25) is 14.5 Å². The van der Waals surface area contributed by atoms with Crippen molar-refractivity contribution in [3.05, 3.63) is 59.4 Å². The maximum Gasteiger partial charge on any atom is 0.251 e. The van der Waals surface area contributed by atoms with Gasteiger partial charge in [0, 0.05) is 5.69 Å². The number of carbonyl (C=O) groups is 2. The molecule has 1 heterocycles. The molecule has 0 radical (unpaired) electrons. The molecule has 1 aliphatic carbocycles. The molecule has 1 atom stereocenters. The van der Waals surface area contributed by atoms with E-state index >= 15 is 0 Å². The molecule has 1 aliphatic rings. The van der Waals surface area contributed by atoms with Crippen LogP contribution in [0.3, 0.4) is 0 Å². The molecule has 2 N–H and O–H groups in total. The van der Waals surface area contributed by atoms with Crippen LogP contribution in [0.15, 0.2) is 42.5 Å². The summed E-state index contributed by atoms with van der Waals surface area (Å²) in [6.45, 7) is 5.36. The quantitative estimate of drug-likeness (QED) is 0.602. The number of benzene rings is 2. The van der Waals surface area contributed by atoms with Crippen molar-refractivity contribution in [2.75, 3.05) is 4.90 Å². The first-order chi connectivity index (χ1) is 16.2. The van der Waals surface area contributed by atoms with Gasteiger partial charge in [0.05, 0.1) is 5.56 Å². The normalized spacial score (nSPS) is 14.4. The third-order valence-corrected chi connectivity index (χ3v) is 6.09. The van der Waals surface area contributed by atoms with Crippen molar-refractivity contribution >= 4 is 17.5 Å². The van der Waals surface area contributed by atoms with E-state index in [2.05, 4.69) is 21.5 Å². The lowest BCUT2D eigenvalue weighted by atomic mass is 9.83. The van der Waals surface area contributed by atoms with Gasteiger partial charge in [0.25, 0.3) is 5.91 Å². The van der Waals surface area contributed by atoms with E-state index in [0.717, 1.165) is 36.0 Å². The van der Waals surface area contributed by atoms with E-state index in [1.54, 1.807) is 18.2 Å². The molecule has 178 valence electrons. The third-order valence-electron chi connectivity index (χ3n) is 6.09. The molecule has 34 heavy (non-hydrogen) atoms. The van der Waals surface area contributed by atoms with Crippen LogP contribution in [0.25, 0.3) is 11.4 Å². The van der Waals surface area contributed by atoms with Crippen LogP contribution in [0.1, 0.15) is 44.7 Å². The Kier molecular flexibility index (Phi) is 6.45. The topological polar surface area (TPSA) is 107 Å². The molecule has 0 bridgehead atoms. The van der Waals surface area contributed by atoms with Crippen molar-refractivity contribution in [2.24, 2.45) is 11.1 Å². The summed E-state index contributed by atoms with van der Waals surface area (Å²) in [5.74, 6) is -1.38. The summed E-state index contributed by atoms with van der Waals surface area (Å²) in [6, 6.07) is 11.0. The second kappa shape index (κ2) is 9.32. The molecular formula is C25H29FN6O2. The van der Waals surface area contributed by atoms with Crippen molar-refractivity contribution in [2.45, 2.75) is 59.0 Å². The fraction of sp³-hybridized carbons (Fsp3) is 0.400. The molecule has 3 aromatic rings. The minimum atomic E-state index is -0.886. The molecule has 1 unspecified atom stereocenters. The lowest BCUT2D eigenvalue weighted by molar-refractivity contribution is -0.127. The number of aromatic nitrogens is 4. The van der Waals surface area contributed by atoms with E-state index in [1.807, 2.05) is 32.9 Å². The van der Waals surface area contributed by atoms with Crippen LogP contribution in [0.4, 0.5) is 10.1 Å². The zero-order valence-electron chi connectivity index (χ0n) is 19.7. The van der Waals surface area contributed by atoms with Crippen LogP contribution in [0, 0.1) is 11.2 Å². The molecule has 2 aromatic carbocycles. The Morgan fingerprint density at radius 3 is 2.56 bits per heavy atom. The van der Waals surface area contributed by atoms with Crippen molar-refractivity contribution in [3.63, 3.8) is 0 Å². The van der Waals surface area contributed by atoms with E-state index in [9.17, 15) is 14.0 Å². The first kappa shape index (κ1) is 23.5. The number of anilines is 1. The lowest BCUT2D eigenvalue weighted by Gasteiger charge is -2.39. The van der Waals surface area contributed by atoms with Crippen LogP contribution in [0.2, 0.25) is 0 Å². The van der Waals surface area contributed by atoms with Gasteiger partial charge in [-0.15, -0.1) is 10.2 Å². The predicted octanol–water partition coefficient (Wildman–Crippen LogP) is 3.29. The molecule has 2 amide bonds. The fourth-order valence-electron chi connectivity index (χ4n) is 4.60. The number of nitrogens with zero attached hydrogens (tertiary/aromatic N) is 5. The van der Waals surface area contributed by atoms with Crippen LogP contribution in [0.5, 0.6) is 0 Å². The van der Waals surface area contributed by atoms with Crippen LogP contribution in [-0.4, -0.2) is 38.1 Å². The highest BCUT2D eigenvalue weighted by atomic mass is 19.1. The minimum Gasteiger partial charge on any atom is -0.368 e. The highest BCUT2D eigenvalue weighted by molar-refractivity contribution is 6.01. The summed E-state index contributed by atoms with van der Waals surface area (Å²) < 4.78 is 14.1. The fourth-order valence-corrected chi connectivity index (χ4v) is 4.60.